The summed E-state index contributed by atoms with van der Waals surface area (Å²) in [7, 11) is 2.95. The number of methoxy groups -OCH3 is 1. The molecule has 88 valence electrons. The smallest absolute Gasteiger partial charge is 0.307 e. The molecule has 0 unspecified atom stereocenters. The van der Waals surface area contributed by atoms with Gasteiger partial charge in [-0.3, -0.25) is 9.59 Å². The van der Waals surface area contributed by atoms with Crippen molar-refractivity contribution in [2.75, 3.05) is 26.4 Å². The molecule has 1 aromatic rings. The summed E-state index contributed by atoms with van der Waals surface area (Å²) in [6.45, 7) is 0.322. The van der Waals surface area contributed by atoms with E-state index in [1.54, 1.807) is 18.5 Å². The molecule has 1 rings (SSSR count). The Bertz CT molecular complexity index is 389. The maximum Gasteiger partial charge on any atom is 0.307 e. The summed E-state index contributed by atoms with van der Waals surface area (Å²) in [5.41, 5.74) is 6.10. The lowest BCUT2D eigenvalue weighted by Gasteiger charge is -2.15. The minimum Gasteiger partial charge on any atom is -0.469 e. The van der Waals surface area contributed by atoms with Crippen molar-refractivity contribution in [2.24, 2.45) is 0 Å². The number of carbonyl (C=O) groups is 2. The Kier molecular flexibility index (Phi) is 4.30. The van der Waals surface area contributed by atoms with E-state index in [2.05, 4.69) is 4.74 Å². The van der Waals surface area contributed by atoms with Crippen LogP contribution < -0.4 is 5.73 Å². The normalized spacial score (nSPS) is 9.88. The Hall–Kier alpha value is -1.56. The first-order valence-corrected chi connectivity index (χ1v) is 5.59. The molecule has 0 radical (unpaired) electrons. The first kappa shape index (κ1) is 12.5. The monoisotopic (exact) mass is 242 g/mol. The van der Waals surface area contributed by atoms with Crippen LogP contribution in [-0.4, -0.2) is 37.5 Å². The minimum absolute atomic E-state index is 0.170. The number of carbonyl (C=O) groups excluding carboxylic acids is 2. The van der Waals surface area contributed by atoms with Crippen LogP contribution in [0.5, 0.6) is 0 Å². The van der Waals surface area contributed by atoms with E-state index < -0.39 is 0 Å². The average Bonchev–Trinajstić information content (AvgIpc) is 2.70. The predicted octanol–water partition coefficient (Wildman–Crippen LogP) is 0.965. The molecule has 0 aromatic carbocycles. The van der Waals surface area contributed by atoms with E-state index in [9.17, 15) is 9.59 Å². The second-order valence-electron chi connectivity index (χ2n) is 3.26. The van der Waals surface area contributed by atoms with Gasteiger partial charge >= 0.3 is 5.97 Å². The molecule has 0 aliphatic heterocycles. The molecule has 1 amide bonds. The lowest BCUT2D eigenvalue weighted by atomic mass is 10.3. The van der Waals surface area contributed by atoms with Gasteiger partial charge in [-0.15, -0.1) is 11.3 Å². The van der Waals surface area contributed by atoms with Gasteiger partial charge in [0, 0.05) is 13.6 Å². The van der Waals surface area contributed by atoms with Gasteiger partial charge in [0.25, 0.3) is 5.91 Å². The number of thiophene rings is 1. The molecule has 5 nitrogen and oxygen atoms in total. The fraction of sp³-hybridized carbons (Fsp3) is 0.400. The van der Waals surface area contributed by atoms with Gasteiger partial charge in [-0.05, 0) is 11.4 Å². The number of anilines is 1. The minimum atomic E-state index is -0.334. The molecule has 0 saturated carbocycles. The first-order valence-electron chi connectivity index (χ1n) is 4.71. The van der Waals surface area contributed by atoms with Crippen LogP contribution >= 0.6 is 11.3 Å². The van der Waals surface area contributed by atoms with Crippen LogP contribution in [-0.2, 0) is 9.53 Å². The molecule has 0 aliphatic rings. The van der Waals surface area contributed by atoms with Gasteiger partial charge in [-0.1, -0.05) is 0 Å². The van der Waals surface area contributed by atoms with Crippen LogP contribution in [0.2, 0.25) is 0 Å². The van der Waals surface area contributed by atoms with Gasteiger partial charge in [-0.2, -0.15) is 0 Å². The molecule has 0 aliphatic carbocycles. The van der Waals surface area contributed by atoms with Gasteiger partial charge in [0.1, 0.15) is 4.88 Å². The Morgan fingerprint density at radius 1 is 1.56 bits per heavy atom. The second kappa shape index (κ2) is 5.50. The fourth-order valence-electron chi connectivity index (χ4n) is 1.13. The van der Waals surface area contributed by atoms with Gasteiger partial charge in [-0.25, -0.2) is 0 Å². The quantitative estimate of drug-likeness (QED) is 0.798. The number of nitrogens with two attached hydrogens (primary N) is 1. The third-order valence-corrected chi connectivity index (χ3v) is 3.03. The van der Waals surface area contributed by atoms with Crippen molar-refractivity contribution >= 4 is 28.9 Å². The van der Waals surface area contributed by atoms with Crippen LogP contribution in [0, 0.1) is 0 Å². The molecule has 1 heterocycles. The number of ether oxygens (including phenoxy) is 1. The zero-order chi connectivity index (χ0) is 12.1. The van der Waals surface area contributed by atoms with E-state index in [1.165, 1.54) is 23.3 Å². The summed E-state index contributed by atoms with van der Waals surface area (Å²) < 4.78 is 4.50. The van der Waals surface area contributed by atoms with Gasteiger partial charge < -0.3 is 15.4 Å². The van der Waals surface area contributed by atoms with Crippen molar-refractivity contribution in [1.29, 1.82) is 0 Å². The van der Waals surface area contributed by atoms with Crippen molar-refractivity contribution in [3.63, 3.8) is 0 Å². The summed E-state index contributed by atoms with van der Waals surface area (Å²) in [6, 6.07) is 1.69. The van der Waals surface area contributed by atoms with Gasteiger partial charge in [0.15, 0.2) is 0 Å². The van der Waals surface area contributed by atoms with E-state index in [1.807, 2.05) is 0 Å². The number of hydrogen-bond donors (Lipinski definition) is 1. The lowest BCUT2D eigenvalue weighted by Crippen LogP contribution is -2.29. The highest BCUT2D eigenvalue weighted by Crippen LogP contribution is 2.20. The van der Waals surface area contributed by atoms with Crippen molar-refractivity contribution in [3.05, 3.63) is 16.3 Å². The van der Waals surface area contributed by atoms with Crippen molar-refractivity contribution in [3.8, 4) is 0 Å². The highest BCUT2D eigenvalue weighted by molar-refractivity contribution is 7.12. The molecule has 6 heteroatoms. The lowest BCUT2D eigenvalue weighted by molar-refractivity contribution is -0.140. The zero-order valence-corrected chi connectivity index (χ0v) is 10.0. The maximum absolute atomic E-state index is 11.8. The van der Waals surface area contributed by atoms with E-state index in [4.69, 9.17) is 5.73 Å². The van der Waals surface area contributed by atoms with Crippen LogP contribution in [0.3, 0.4) is 0 Å². The molecule has 0 bridgehead atoms. The molecule has 0 saturated heterocycles. The molecular formula is C10H14N2O3S. The Balaban J connectivity index is 2.55. The molecule has 0 atom stereocenters. The molecule has 0 fully saturated rings. The highest BCUT2D eigenvalue weighted by atomic mass is 32.1. The second-order valence-corrected chi connectivity index (χ2v) is 4.17. The fourth-order valence-corrected chi connectivity index (χ4v) is 1.94. The third-order valence-electron chi connectivity index (χ3n) is 2.12. The predicted molar refractivity (Wildman–Crippen MR) is 62.3 cm³/mol. The largest absolute Gasteiger partial charge is 0.469 e. The number of hydrogen-bond acceptors (Lipinski definition) is 5. The van der Waals surface area contributed by atoms with Crippen molar-refractivity contribution < 1.29 is 14.3 Å². The van der Waals surface area contributed by atoms with E-state index >= 15 is 0 Å². The van der Waals surface area contributed by atoms with Crippen LogP contribution in [0.25, 0.3) is 0 Å². The number of rotatable bonds is 4. The molecule has 1 aromatic heterocycles. The number of esters is 1. The number of nitrogens with zero attached hydrogens (tertiary/aromatic N) is 1. The SMILES string of the molecule is COC(=O)CCN(C)C(=O)c1sccc1N. The summed E-state index contributed by atoms with van der Waals surface area (Å²) in [5, 5.41) is 1.76. The molecule has 16 heavy (non-hydrogen) atoms. The standard InChI is InChI=1S/C10H14N2O3S/c1-12(5-3-8(13)15-2)10(14)9-7(11)4-6-16-9/h4,6H,3,5,11H2,1-2H3. The summed E-state index contributed by atoms with van der Waals surface area (Å²) in [6.07, 6.45) is 0.185. The van der Waals surface area contributed by atoms with Crippen molar-refractivity contribution in [2.45, 2.75) is 6.42 Å². The Morgan fingerprint density at radius 3 is 2.75 bits per heavy atom. The third kappa shape index (κ3) is 2.96. The van der Waals surface area contributed by atoms with Crippen LogP contribution in [0.1, 0.15) is 16.1 Å². The zero-order valence-electron chi connectivity index (χ0n) is 9.23. The molecule has 2 N–H and O–H groups in total. The number of amides is 1. The first-order chi connectivity index (χ1) is 7.56. The Morgan fingerprint density at radius 2 is 2.25 bits per heavy atom. The van der Waals surface area contributed by atoms with E-state index in [-0.39, 0.29) is 18.3 Å². The molecule has 0 spiro atoms. The summed E-state index contributed by atoms with van der Waals surface area (Å²) in [5.74, 6) is -0.504. The highest BCUT2D eigenvalue weighted by Gasteiger charge is 2.16. The van der Waals surface area contributed by atoms with E-state index in [0.29, 0.717) is 17.1 Å². The number of nitrogen functional groups attached to an aromatic ring is 1. The van der Waals surface area contributed by atoms with E-state index in [0.717, 1.165) is 0 Å². The van der Waals surface area contributed by atoms with Gasteiger partial charge in [0.2, 0.25) is 0 Å². The van der Waals surface area contributed by atoms with Gasteiger partial charge in [0.05, 0.1) is 19.2 Å². The van der Waals surface area contributed by atoms with Crippen molar-refractivity contribution in [1.82, 2.24) is 4.90 Å². The Labute approximate surface area is 97.8 Å². The summed E-state index contributed by atoms with van der Waals surface area (Å²) in [4.78, 5) is 24.7. The topological polar surface area (TPSA) is 72.6 Å². The maximum atomic E-state index is 11.8. The van der Waals surface area contributed by atoms with Crippen LogP contribution in [0.4, 0.5) is 5.69 Å². The molecular weight excluding hydrogens is 228 g/mol. The van der Waals surface area contributed by atoms with Crippen LogP contribution in [0.15, 0.2) is 11.4 Å². The summed E-state index contributed by atoms with van der Waals surface area (Å²) >= 11 is 1.29. The average molecular weight is 242 g/mol.